The molecule has 0 saturated heterocycles. The lowest BCUT2D eigenvalue weighted by molar-refractivity contribution is -0.134. The van der Waals surface area contributed by atoms with E-state index in [-0.39, 0.29) is 17.7 Å². The van der Waals surface area contributed by atoms with Crippen molar-refractivity contribution in [1.82, 2.24) is 9.88 Å². The lowest BCUT2D eigenvalue weighted by Crippen LogP contribution is -2.39. The van der Waals surface area contributed by atoms with E-state index in [1.165, 1.54) is 22.5 Å². The van der Waals surface area contributed by atoms with Crippen molar-refractivity contribution >= 4 is 28.3 Å². The number of rotatable bonds is 3. The maximum absolute atomic E-state index is 13.4. The summed E-state index contributed by atoms with van der Waals surface area (Å²) in [6, 6.07) is 15.8. The maximum atomic E-state index is 13.4. The van der Waals surface area contributed by atoms with E-state index in [0.717, 1.165) is 48.4 Å². The highest BCUT2D eigenvalue weighted by atomic mass is 32.1. The molecule has 1 aliphatic carbocycles. The molecule has 1 unspecified atom stereocenters. The number of aryl methyl sites for hydroxylation is 2. The van der Waals surface area contributed by atoms with E-state index >= 15 is 0 Å². The summed E-state index contributed by atoms with van der Waals surface area (Å²) in [6.07, 6.45) is 3.61. The van der Waals surface area contributed by atoms with Gasteiger partial charge in [-0.2, -0.15) is 0 Å². The molecule has 6 heteroatoms. The van der Waals surface area contributed by atoms with E-state index in [4.69, 9.17) is 4.98 Å². The number of hydrogen-bond donors (Lipinski definition) is 1. The van der Waals surface area contributed by atoms with Crippen LogP contribution in [0.4, 0.5) is 5.13 Å². The molecule has 0 bridgehead atoms. The van der Waals surface area contributed by atoms with Crippen LogP contribution in [0, 0.1) is 6.92 Å². The Morgan fingerprint density at radius 3 is 2.65 bits per heavy atom. The van der Waals surface area contributed by atoms with Crippen molar-refractivity contribution in [2.45, 2.75) is 45.1 Å². The Bertz CT molecular complexity index is 1140. The third-order valence-electron chi connectivity index (χ3n) is 6.23. The summed E-state index contributed by atoms with van der Waals surface area (Å²) in [5.41, 5.74) is 5.16. The number of fused-ring (bicyclic) bond motifs is 2. The van der Waals surface area contributed by atoms with Gasteiger partial charge >= 0.3 is 0 Å². The zero-order chi connectivity index (χ0) is 21.4. The first kappa shape index (κ1) is 19.9. The summed E-state index contributed by atoms with van der Waals surface area (Å²) in [4.78, 5) is 33.8. The number of thiazole rings is 1. The average Bonchev–Trinajstić information content (AvgIpc) is 3.21. The Morgan fingerprint density at radius 2 is 1.84 bits per heavy atom. The Kier molecular flexibility index (Phi) is 5.32. The molecular weight excluding hydrogens is 406 g/mol. The first-order chi connectivity index (χ1) is 15.1. The van der Waals surface area contributed by atoms with E-state index in [1.807, 2.05) is 42.2 Å². The highest BCUT2D eigenvalue weighted by Crippen LogP contribution is 2.38. The van der Waals surface area contributed by atoms with Crippen molar-refractivity contribution in [2.24, 2.45) is 0 Å². The molecule has 31 heavy (non-hydrogen) atoms. The number of carbonyl (C=O) groups excluding carboxylic acids is 2. The van der Waals surface area contributed by atoms with Crippen LogP contribution < -0.4 is 5.32 Å². The minimum absolute atomic E-state index is 0.164. The first-order valence-corrected chi connectivity index (χ1v) is 11.6. The minimum Gasteiger partial charge on any atom is -0.337 e. The molecule has 1 aromatic heterocycles. The van der Waals surface area contributed by atoms with Crippen LogP contribution in [0.15, 0.2) is 48.5 Å². The van der Waals surface area contributed by atoms with Gasteiger partial charge in [-0.1, -0.05) is 42.0 Å². The highest BCUT2D eigenvalue weighted by Gasteiger charge is 2.34. The largest absolute Gasteiger partial charge is 0.337 e. The normalized spacial score (nSPS) is 17.6. The van der Waals surface area contributed by atoms with Gasteiger partial charge in [0.1, 0.15) is 0 Å². The Hall–Kier alpha value is -2.99. The summed E-state index contributed by atoms with van der Waals surface area (Å²) in [5.74, 6) is -0.214. The second-order valence-corrected chi connectivity index (χ2v) is 9.45. The fourth-order valence-corrected chi connectivity index (χ4v) is 5.55. The van der Waals surface area contributed by atoms with Crippen LogP contribution in [-0.4, -0.2) is 28.2 Å². The second-order valence-electron chi connectivity index (χ2n) is 8.37. The molecule has 0 saturated carbocycles. The highest BCUT2D eigenvalue weighted by molar-refractivity contribution is 7.16. The standard InChI is InChI=1S/C25H25N3O2S/c1-16-9-11-18(12-10-16)23(29)27-25-26-22-20(7-4-8-21(22)31-25)24(30)28-14-13-17-5-2-3-6-19(17)15-28/h2-3,5-6,9-12,20H,4,7-8,13-15H2,1H3,(H,26,27,29). The van der Waals surface area contributed by atoms with Gasteiger partial charge in [0, 0.05) is 23.5 Å². The summed E-state index contributed by atoms with van der Waals surface area (Å²) in [7, 11) is 0. The second kappa shape index (κ2) is 8.27. The quantitative estimate of drug-likeness (QED) is 0.653. The molecule has 3 aromatic rings. The fourth-order valence-electron chi connectivity index (χ4n) is 4.49. The zero-order valence-corrected chi connectivity index (χ0v) is 18.4. The molecule has 2 heterocycles. The van der Waals surface area contributed by atoms with Gasteiger partial charge in [0.25, 0.3) is 5.91 Å². The number of anilines is 1. The van der Waals surface area contributed by atoms with Gasteiger partial charge in [-0.25, -0.2) is 4.98 Å². The molecule has 0 spiro atoms. The van der Waals surface area contributed by atoms with Gasteiger partial charge in [-0.3, -0.25) is 14.9 Å². The third-order valence-corrected chi connectivity index (χ3v) is 7.28. The predicted molar refractivity (Wildman–Crippen MR) is 122 cm³/mol. The Labute approximate surface area is 186 Å². The molecule has 5 rings (SSSR count). The summed E-state index contributed by atoms with van der Waals surface area (Å²) < 4.78 is 0. The van der Waals surface area contributed by atoms with E-state index in [0.29, 0.717) is 17.2 Å². The van der Waals surface area contributed by atoms with Crippen molar-refractivity contribution in [2.75, 3.05) is 11.9 Å². The van der Waals surface area contributed by atoms with Crippen LogP contribution >= 0.6 is 11.3 Å². The molecule has 0 radical (unpaired) electrons. The molecule has 158 valence electrons. The SMILES string of the molecule is Cc1ccc(C(=O)Nc2nc3c(s2)CCCC3C(=O)N2CCc3ccccc3C2)cc1. The summed E-state index contributed by atoms with van der Waals surface area (Å²) in [5, 5.41) is 3.51. The Balaban J connectivity index is 1.33. The number of amides is 2. The van der Waals surface area contributed by atoms with Crippen molar-refractivity contribution < 1.29 is 9.59 Å². The van der Waals surface area contributed by atoms with Gasteiger partial charge in [0.2, 0.25) is 5.91 Å². The van der Waals surface area contributed by atoms with Gasteiger partial charge in [0.05, 0.1) is 11.6 Å². The average molecular weight is 432 g/mol. The van der Waals surface area contributed by atoms with Gasteiger partial charge in [0.15, 0.2) is 5.13 Å². The lowest BCUT2D eigenvalue weighted by atomic mass is 9.89. The van der Waals surface area contributed by atoms with E-state index in [2.05, 4.69) is 23.5 Å². The molecule has 0 fully saturated rings. The van der Waals surface area contributed by atoms with Crippen molar-refractivity contribution in [3.05, 3.63) is 81.4 Å². The number of benzene rings is 2. The molecule has 1 aliphatic heterocycles. The summed E-state index contributed by atoms with van der Waals surface area (Å²) >= 11 is 1.50. The van der Waals surface area contributed by atoms with Gasteiger partial charge in [-0.05, 0) is 55.9 Å². The van der Waals surface area contributed by atoms with Crippen molar-refractivity contribution in [3.8, 4) is 0 Å². The fraction of sp³-hybridized carbons (Fsp3) is 0.320. The number of nitrogens with zero attached hydrogens (tertiary/aromatic N) is 2. The van der Waals surface area contributed by atoms with Crippen LogP contribution in [0.5, 0.6) is 0 Å². The zero-order valence-electron chi connectivity index (χ0n) is 17.6. The maximum Gasteiger partial charge on any atom is 0.257 e. The van der Waals surface area contributed by atoms with Crippen LogP contribution in [0.2, 0.25) is 0 Å². The van der Waals surface area contributed by atoms with Gasteiger partial charge in [-0.15, -0.1) is 11.3 Å². The molecule has 1 N–H and O–H groups in total. The molecule has 1 atom stereocenters. The summed E-state index contributed by atoms with van der Waals surface area (Å²) in [6.45, 7) is 3.42. The van der Waals surface area contributed by atoms with Crippen LogP contribution in [0.3, 0.4) is 0 Å². The van der Waals surface area contributed by atoms with Crippen LogP contribution in [0.25, 0.3) is 0 Å². The molecular formula is C25H25N3O2S. The minimum atomic E-state index is -0.213. The molecule has 5 nitrogen and oxygen atoms in total. The van der Waals surface area contributed by atoms with E-state index < -0.39 is 0 Å². The third kappa shape index (κ3) is 4.00. The van der Waals surface area contributed by atoms with Crippen LogP contribution in [0.1, 0.15) is 56.4 Å². The Morgan fingerprint density at radius 1 is 1.06 bits per heavy atom. The molecule has 2 amide bonds. The van der Waals surface area contributed by atoms with E-state index in [1.54, 1.807) is 0 Å². The predicted octanol–water partition coefficient (Wildman–Crippen LogP) is 4.71. The topological polar surface area (TPSA) is 62.3 Å². The number of hydrogen-bond acceptors (Lipinski definition) is 4. The lowest BCUT2D eigenvalue weighted by Gasteiger charge is -2.32. The number of carbonyl (C=O) groups is 2. The van der Waals surface area contributed by atoms with Gasteiger partial charge < -0.3 is 4.90 Å². The van der Waals surface area contributed by atoms with Crippen molar-refractivity contribution in [1.29, 1.82) is 0 Å². The first-order valence-electron chi connectivity index (χ1n) is 10.8. The molecule has 2 aromatic carbocycles. The van der Waals surface area contributed by atoms with Crippen LogP contribution in [-0.2, 0) is 24.2 Å². The smallest absolute Gasteiger partial charge is 0.257 e. The number of nitrogens with one attached hydrogen (secondary N) is 1. The number of aromatic nitrogens is 1. The monoisotopic (exact) mass is 431 g/mol. The van der Waals surface area contributed by atoms with Crippen molar-refractivity contribution in [3.63, 3.8) is 0 Å². The van der Waals surface area contributed by atoms with E-state index in [9.17, 15) is 9.59 Å². The molecule has 2 aliphatic rings.